The van der Waals surface area contributed by atoms with Gasteiger partial charge in [0.05, 0.1) is 0 Å². The van der Waals surface area contributed by atoms with E-state index in [0.717, 1.165) is 30.9 Å². The van der Waals surface area contributed by atoms with Crippen molar-refractivity contribution in [3.63, 3.8) is 0 Å². The topological polar surface area (TPSA) is 58.4 Å². The van der Waals surface area contributed by atoms with Gasteiger partial charge >= 0.3 is 0 Å². The number of benzene rings is 1. The average molecular weight is 291 g/mol. The van der Waals surface area contributed by atoms with Crippen molar-refractivity contribution in [2.24, 2.45) is 5.73 Å². The first kappa shape index (κ1) is 14.9. The summed E-state index contributed by atoms with van der Waals surface area (Å²) >= 11 is 4.93. The molecule has 0 unspecified atom stereocenters. The third kappa shape index (κ3) is 4.58. The maximum atomic E-state index is 11.9. The molecule has 5 heteroatoms. The van der Waals surface area contributed by atoms with Crippen LogP contribution in [-0.2, 0) is 4.79 Å². The van der Waals surface area contributed by atoms with Crippen molar-refractivity contribution in [3.05, 3.63) is 29.8 Å². The third-order valence-electron chi connectivity index (χ3n) is 3.53. The van der Waals surface area contributed by atoms with Crippen LogP contribution in [0.3, 0.4) is 0 Å². The van der Waals surface area contributed by atoms with Gasteiger partial charge in [-0.05, 0) is 38.1 Å². The standard InChI is InChI=1S/C15H21N3OS/c16-15(20)12-5-4-6-13(11-12)17-14(19)7-10-18-8-2-1-3-9-18/h4-6,11H,1-3,7-10H2,(H2,16,20)(H,17,19). The number of hydrogen-bond donors (Lipinski definition) is 2. The van der Waals surface area contributed by atoms with Gasteiger partial charge in [-0.2, -0.15) is 0 Å². The normalized spacial score (nSPS) is 15.8. The number of anilines is 1. The van der Waals surface area contributed by atoms with E-state index in [1.165, 1.54) is 19.3 Å². The Bertz CT molecular complexity index is 484. The van der Waals surface area contributed by atoms with Crippen molar-refractivity contribution >= 4 is 28.8 Å². The highest BCUT2D eigenvalue weighted by molar-refractivity contribution is 7.80. The summed E-state index contributed by atoms with van der Waals surface area (Å²) in [6.07, 6.45) is 4.33. The summed E-state index contributed by atoms with van der Waals surface area (Å²) in [6.45, 7) is 3.06. The summed E-state index contributed by atoms with van der Waals surface area (Å²) in [5.74, 6) is 0.0377. The summed E-state index contributed by atoms with van der Waals surface area (Å²) in [5, 5.41) is 2.90. The molecule has 2 rings (SSSR count). The highest BCUT2D eigenvalue weighted by atomic mass is 32.1. The maximum absolute atomic E-state index is 11.9. The fraction of sp³-hybridized carbons (Fsp3) is 0.467. The number of hydrogen-bond acceptors (Lipinski definition) is 3. The Labute approximate surface area is 125 Å². The fourth-order valence-electron chi connectivity index (χ4n) is 2.42. The number of carbonyl (C=O) groups excluding carboxylic acids is 1. The van der Waals surface area contributed by atoms with Crippen LogP contribution < -0.4 is 11.1 Å². The van der Waals surface area contributed by atoms with E-state index >= 15 is 0 Å². The molecule has 0 aromatic heterocycles. The first-order valence-electron chi connectivity index (χ1n) is 7.07. The molecule has 1 heterocycles. The van der Waals surface area contributed by atoms with Crippen LogP contribution in [-0.4, -0.2) is 35.4 Å². The quantitative estimate of drug-likeness (QED) is 0.816. The van der Waals surface area contributed by atoms with Crippen LogP contribution in [0.15, 0.2) is 24.3 Å². The SMILES string of the molecule is NC(=S)c1cccc(NC(=O)CCN2CCCCC2)c1. The Kier molecular flexibility index (Phi) is 5.49. The van der Waals surface area contributed by atoms with Gasteiger partial charge < -0.3 is 16.0 Å². The van der Waals surface area contributed by atoms with Crippen molar-refractivity contribution in [2.45, 2.75) is 25.7 Å². The lowest BCUT2D eigenvalue weighted by molar-refractivity contribution is -0.116. The number of amides is 1. The van der Waals surface area contributed by atoms with Crippen LogP contribution in [0.1, 0.15) is 31.2 Å². The van der Waals surface area contributed by atoms with Gasteiger partial charge in [-0.15, -0.1) is 0 Å². The van der Waals surface area contributed by atoms with E-state index in [0.29, 0.717) is 11.4 Å². The Morgan fingerprint density at radius 1 is 1.30 bits per heavy atom. The average Bonchev–Trinajstić information content (AvgIpc) is 2.46. The largest absolute Gasteiger partial charge is 0.389 e. The van der Waals surface area contributed by atoms with Crippen molar-refractivity contribution < 1.29 is 4.79 Å². The monoisotopic (exact) mass is 291 g/mol. The fourth-order valence-corrected chi connectivity index (χ4v) is 2.54. The van der Waals surface area contributed by atoms with Crippen LogP contribution in [0.25, 0.3) is 0 Å². The van der Waals surface area contributed by atoms with Gasteiger partial charge in [0, 0.05) is 24.2 Å². The van der Waals surface area contributed by atoms with Crippen LogP contribution in [0.2, 0.25) is 0 Å². The molecule has 1 aromatic carbocycles. The first-order valence-corrected chi connectivity index (χ1v) is 7.48. The van der Waals surface area contributed by atoms with E-state index < -0.39 is 0 Å². The second kappa shape index (κ2) is 7.36. The highest BCUT2D eigenvalue weighted by Gasteiger charge is 2.11. The van der Waals surface area contributed by atoms with E-state index in [1.807, 2.05) is 18.2 Å². The molecule has 1 aromatic rings. The van der Waals surface area contributed by atoms with Gasteiger partial charge in [-0.3, -0.25) is 4.79 Å². The summed E-state index contributed by atoms with van der Waals surface area (Å²) in [4.78, 5) is 14.6. The van der Waals surface area contributed by atoms with Gasteiger partial charge in [0.1, 0.15) is 4.99 Å². The molecule has 0 spiro atoms. The lowest BCUT2D eigenvalue weighted by Gasteiger charge is -2.25. The van der Waals surface area contributed by atoms with Gasteiger partial charge in [0.15, 0.2) is 0 Å². The highest BCUT2D eigenvalue weighted by Crippen LogP contribution is 2.12. The minimum Gasteiger partial charge on any atom is -0.389 e. The Morgan fingerprint density at radius 2 is 2.05 bits per heavy atom. The van der Waals surface area contributed by atoms with Gasteiger partial charge in [-0.1, -0.05) is 30.8 Å². The Balaban J connectivity index is 1.81. The second-order valence-electron chi connectivity index (χ2n) is 5.15. The molecule has 0 saturated carbocycles. The number of piperidine rings is 1. The molecule has 108 valence electrons. The number of rotatable bonds is 5. The number of likely N-dealkylation sites (tertiary alicyclic amines) is 1. The molecule has 0 bridgehead atoms. The predicted octanol–water partition coefficient (Wildman–Crippen LogP) is 2.14. The molecule has 4 nitrogen and oxygen atoms in total. The van der Waals surface area contributed by atoms with E-state index in [9.17, 15) is 4.79 Å². The van der Waals surface area contributed by atoms with Gasteiger partial charge in [0.25, 0.3) is 0 Å². The van der Waals surface area contributed by atoms with E-state index in [4.69, 9.17) is 18.0 Å². The lowest BCUT2D eigenvalue weighted by atomic mass is 10.1. The molecule has 0 atom stereocenters. The predicted molar refractivity (Wildman–Crippen MR) is 85.9 cm³/mol. The van der Waals surface area contributed by atoms with Gasteiger partial charge in [-0.25, -0.2) is 0 Å². The van der Waals surface area contributed by atoms with Crippen molar-refractivity contribution in [2.75, 3.05) is 25.0 Å². The molecule has 1 aliphatic heterocycles. The molecule has 1 aliphatic rings. The number of nitrogens with one attached hydrogen (secondary N) is 1. The smallest absolute Gasteiger partial charge is 0.225 e. The second-order valence-corrected chi connectivity index (χ2v) is 5.59. The zero-order valence-corrected chi connectivity index (χ0v) is 12.4. The van der Waals surface area contributed by atoms with E-state index in [2.05, 4.69) is 10.2 Å². The number of carbonyl (C=O) groups is 1. The summed E-state index contributed by atoms with van der Waals surface area (Å²) in [7, 11) is 0. The minimum atomic E-state index is 0.0377. The number of thiocarbonyl (C=S) groups is 1. The molecule has 1 amide bonds. The van der Waals surface area contributed by atoms with Crippen LogP contribution in [0.5, 0.6) is 0 Å². The van der Waals surface area contributed by atoms with Crippen molar-refractivity contribution in [3.8, 4) is 0 Å². The molecular formula is C15H21N3OS. The molecule has 1 saturated heterocycles. The summed E-state index contributed by atoms with van der Waals surface area (Å²) in [5.41, 5.74) is 7.10. The van der Waals surface area contributed by atoms with Crippen molar-refractivity contribution in [1.82, 2.24) is 4.90 Å². The Morgan fingerprint density at radius 3 is 2.75 bits per heavy atom. The zero-order chi connectivity index (χ0) is 14.4. The molecule has 0 aliphatic carbocycles. The summed E-state index contributed by atoms with van der Waals surface area (Å²) in [6, 6.07) is 7.34. The first-order chi connectivity index (χ1) is 9.65. The zero-order valence-electron chi connectivity index (χ0n) is 11.6. The third-order valence-corrected chi connectivity index (χ3v) is 3.77. The maximum Gasteiger partial charge on any atom is 0.225 e. The minimum absolute atomic E-state index is 0.0377. The van der Waals surface area contributed by atoms with E-state index in [1.54, 1.807) is 6.07 Å². The number of nitrogens with two attached hydrogens (primary N) is 1. The molecular weight excluding hydrogens is 270 g/mol. The number of nitrogens with zero attached hydrogens (tertiary/aromatic N) is 1. The van der Waals surface area contributed by atoms with Crippen molar-refractivity contribution in [1.29, 1.82) is 0 Å². The van der Waals surface area contributed by atoms with Crippen LogP contribution >= 0.6 is 12.2 Å². The van der Waals surface area contributed by atoms with Crippen LogP contribution in [0.4, 0.5) is 5.69 Å². The van der Waals surface area contributed by atoms with E-state index in [-0.39, 0.29) is 5.91 Å². The molecule has 1 fully saturated rings. The molecule has 0 radical (unpaired) electrons. The summed E-state index contributed by atoms with van der Waals surface area (Å²) < 4.78 is 0. The Hall–Kier alpha value is -1.46. The molecule has 3 N–H and O–H groups in total. The van der Waals surface area contributed by atoms with Gasteiger partial charge in [0.2, 0.25) is 5.91 Å². The van der Waals surface area contributed by atoms with Crippen LogP contribution in [0, 0.1) is 0 Å². The molecule has 20 heavy (non-hydrogen) atoms. The lowest BCUT2D eigenvalue weighted by Crippen LogP contribution is -2.32.